The first kappa shape index (κ1) is 21.5. The van der Waals surface area contributed by atoms with Gasteiger partial charge in [-0.15, -0.1) is 11.3 Å². The molecule has 3 aromatic rings. The Morgan fingerprint density at radius 2 is 1.77 bits per heavy atom. The number of benzene rings is 2. The van der Waals surface area contributed by atoms with Crippen molar-refractivity contribution in [3.8, 4) is 17.0 Å². The van der Waals surface area contributed by atoms with Gasteiger partial charge in [-0.05, 0) is 17.7 Å². The van der Waals surface area contributed by atoms with E-state index in [2.05, 4.69) is 10.3 Å². The molecular weight excluding hydrogens is 434 g/mol. The summed E-state index contributed by atoms with van der Waals surface area (Å²) in [6.07, 6.45) is 0. The molecule has 2 aromatic carbocycles. The number of hydrogen-bond donors (Lipinski definition) is 1. The monoisotopic (exact) mass is 457 g/mol. The summed E-state index contributed by atoms with van der Waals surface area (Å²) < 4.78 is 29.1. The maximum atomic E-state index is 13.3. The third-order valence-electron chi connectivity index (χ3n) is 5.23. The Balaban J connectivity index is 1.56. The summed E-state index contributed by atoms with van der Waals surface area (Å²) in [6.45, 7) is 0.638. The van der Waals surface area contributed by atoms with Gasteiger partial charge in [-0.2, -0.15) is 0 Å². The first-order chi connectivity index (χ1) is 15.0. The number of sulfone groups is 1. The Labute approximate surface area is 185 Å². The summed E-state index contributed by atoms with van der Waals surface area (Å²) in [5, 5.41) is 5.28. The van der Waals surface area contributed by atoms with Crippen molar-refractivity contribution in [2.24, 2.45) is 0 Å². The van der Waals surface area contributed by atoms with Crippen LogP contribution < -0.4 is 10.1 Å². The lowest BCUT2D eigenvalue weighted by Gasteiger charge is -2.33. The fraction of sp³-hybridized carbons (Fsp3) is 0.273. The van der Waals surface area contributed by atoms with Gasteiger partial charge in [0.2, 0.25) is 5.91 Å². The average molecular weight is 458 g/mol. The summed E-state index contributed by atoms with van der Waals surface area (Å²) in [6, 6.07) is 16.4. The van der Waals surface area contributed by atoms with Crippen molar-refractivity contribution >= 4 is 32.2 Å². The lowest BCUT2D eigenvalue weighted by molar-refractivity contribution is -0.121. The number of rotatable bonds is 6. The SMILES string of the molecule is COc1ccccc1-c1csc(NC(=O)C(c2ccccc2)N2CCS(=O)(=O)CC2)n1. The second-order valence-electron chi connectivity index (χ2n) is 7.23. The van der Waals surface area contributed by atoms with Gasteiger partial charge >= 0.3 is 0 Å². The molecule has 1 aliphatic heterocycles. The molecule has 0 bridgehead atoms. The van der Waals surface area contributed by atoms with E-state index in [9.17, 15) is 13.2 Å². The largest absolute Gasteiger partial charge is 0.496 e. The Hall–Kier alpha value is -2.75. The van der Waals surface area contributed by atoms with Crippen molar-refractivity contribution in [3.63, 3.8) is 0 Å². The number of methoxy groups -OCH3 is 1. The Morgan fingerprint density at radius 1 is 1.10 bits per heavy atom. The lowest BCUT2D eigenvalue weighted by Crippen LogP contribution is -2.46. The summed E-state index contributed by atoms with van der Waals surface area (Å²) in [5.74, 6) is 0.589. The predicted molar refractivity (Wildman–Crippen MR) is 122 cm³/mol. The van der Waals surface area contributed by atoms with Crippen molar-refractivity contribution in [1.29, 1.82) is 0 Å². The normalized spacial score (nSPS) is 17.1. The maximum Gasteiger partial charge on any atom is 0.248 e. The number of para-hydroxylation sites is 1. The van der Waals surface area contributed by atoms with Crippen LogP contribution in [0.3, 0.4) is 0 Å². The van der Waals surface area contributed by atoms with Crippen molar-refractivity contribution in [3.05, 3.63) is 65.5 Å². The molecule has 0 aliphatic carbocycles. The minimum atomic E-state index is -3.05. The van der Waals surface area contributed by atoms with Crippen LogP contribution in [0.1, 0.15) is 11.6 Å². The van der Waals surface area contributed by atoms with Crippen LogP contribution >= 0.6 is 11.3 Å². The zero-order valence-electron chi connectivity index (χ0n) is 17.0. The molecule has 1 unspecified atom stereocenters. The van der Waals surface area contributed by atoms with Gasteiger partial charge in [0, 0.05) is 24.0 Å². The summed E-state index contributed by atoms with van der Waals surface area (Å²) in [7, 11) is -1.44. The molecule has 1 amide bonds. The molecule has 0 saturated carbocycles. The van der Waals surface area contributed by atoms with Crippen LogP contribution in [0.4, 0.5) is 5.13 Å². The van der Waals surface area contributed by atoms with E-state index in [0.29, 0.717) is 24.0 Å². The topological polar surface area (TPSA) is 88.6 Å². The van der Waals surface area contributed by atoms with Crippen LogP contribution in [0, 0.1) is 0 Å². The van der Waals surface area contributed by atoms with Gasteiger partial charge in [0.1, 0.15) is 11.8 Å². The number of nitrogens with zero attached hydrogens (tertiary/aromatic N) is 2. The van der Waals surface area contributed by atoms with Crippen LogP contribution in [0.2, 0.25) is 0 Å². The molecule has 1 saturated heterocycles. The fourth-order valence-corrected chi connectivity index (χ4v) is 5.58. The van der Waals surface area contributed by atoms with E-state index in [-0.39, 0.29) is 17.4 Å². The Morgan fingerprint density at radius 3 is 2.48 bits per heavy atom. The quantitative estimate of drug-likeness (QED) is 0.611. The number of amides is 1. The van der Waals surface area contributed by atoms with Crippen LogP contribution in [0.5, 0.6) is 5.75 Å². The molecule has 4 rings (SSSR count). The number of aromatic nitrogens is 1. The molecule has 31 heavy (non-hydrogen) atoms. The molecule has 1 aromatic heterocycles. The van der Waals surface area contributed by atoms with Gasteiger partial charge in [-0.25, -0.2) is 13.4 Å². The van der Waals surface area contributed by atoms with Gasteiger partial charge in [0.25, 0.3) is 0 Å². The number of hydrogen-bond acceptors (Lipinski definition) is 7. The van der Waals surface area contributed by atoms with Gasteiger partial charge < -0.3 is 10.1 Å². The van der Waals surface area contributed by atoms with Crippen LogP contribution in [0.15, 0.2) is 60.0 Å². The van der Waals surface area contributed by atoms with Gasteiger partial charge in [-0.1, -0.05) is 42.5 Å². The third-order valence-corrected chi connectivity index (χ3v) is 7.59. The third kappa shape index (κ3) is 4.95. The molecule has 162 valence electrons. The van der Waals surface area contributed by atoms with E-state index >= 15 is 0 Å². The summed E-state index contributed by atoms with van der Waals surface area (Å²) in [4.78, 5) is 19.8. The van der Waals surface area contributed by atoms with Gasteiger partial charge in [0.05, 0.1) is 24.3 Å². The zero-order chi connectivity index (χ0) is 21.8. The second kappa shape index (κ2) is 9.17. The van der Waals surface area contributed by atoms with Crippen molar-refractivity contribution in [2.75, 3.05) is 37.0 Å². The molecular formula is C22H23N3O4S2. The smallest absolute Gasteiger partial charge is 0.248 e. The lowest BCUT2D eigenvalue weighted by atomic mass is 10.0. The highest BCUT2D eigenvalue weighted by atomic mass is 32.2. The molecule has 1 aliphatic rings. The predicted octanol–water partition coefficient (Wildman–Crippen LogP) is 3.23. The van der Waals surface area contributed by atoms with E-state index in [1.807, 2.05) is 64.9 Å². The average Bonchev–Trinajstić information content (AvgIpc) is 3.24. The molecule has 1 fully saturated rings. The standard InChI is InChI=1S/C22H23N3O4S2/c1-29-19-10-6-5-9-17(19)18-15-30-22(23-18)24-21(26)20(16-7-3-2-4-8-16)25-11-13-31(27,28)14-12-25/h2-10,15,20H,11-14H2,1H3,(H,23,24,26). The van der Waals surface area contributed by atoms with Gasteiger partial charge in [0.15, 0.2) is 15.0 Å². The second-order valence-corrected chi connectivity index (χ2v) is 10.4. The van der Waals surface area contributed by atoms with E-state index in [1.165, 1.54) is 11.3 Å². The highest BCUT2D eigenvalue weighted by molar-refractivity contribution is 7.91. The van der Waals surface area contributed by atoms with E-state index in [4.69, 9.17) is 4.74 Å². The summed E-state index contributed by atoms with van der Waals surface area (Å²) in [5.41, 5.74) is 2.39. The molecule has 1 atom stereocenters. The van der Waals surface area contributed by atoms with Crippen LogP contribution in [-0.2, 0) is 14.6 Å². The van der Waals surface area contributed by atoms with Gasteiger partial charge in [-0.3, -0.25) is 9.69 Å². The highest BCUT2D eigenvalue weighted by Crippen LogP contribution is 2.32. The van der Waals surface area contributed by atoms with Crippen molar-refractivity contribution in [1.82, 2.24) is 9.88 Å². The number of carbonyl (C=O) groups excluding carboxylic acids is 1. The summed E-state index contributed by atoms with van der Waals surface area (Å²) >= 11 is 1.34. The molecule has 0 radical (unpaired) electrons. The first-order valence-electron chi connectivity index (χ1n) is 9.86. The fourth-order valence-electron chi connectivity index (χ4n) is 3.63. The zero-order valence-corrected chi connectivity index (χ0v) is 18.7. The maximum absolute atomic E-state index is 13.3. The molecule has 9 heteroatoms. The first-order valence-corrected chi connectivity index (χ1v) is 12.6. The number of nitrogens with one attached hydrogen (secondary N) is 1. The van der Waals surface area contributed by atoms with Crippen molar-refractivity contribution in [2.45, 2.75) is 6.04 Å². The Bertz CT molecular complexity index is 1150. The molecule has 0 spiro atoms. The number of thiazole rings is 1. The van der Waals surface area contributed by atoms with E-state index < -0.39 is 15.9 Å². The number of anilines is 1. The minimum absolute atomic E-state index is 0.0544. The molecule has 7 nitrogen and oxygen atoms in total. The van der Waals surface area contributed by atoms with E-state index in [0.717, 1.165) is 16.8 Å². The number of carbonyl (C=O) groups is 1. The highest BCUT2D eigenvalue weighted by Gasteiger charge is 2.33. The van der Waals surface area contributed by atoms with Crippen LogP contribution in [-0.4, -0.2) is 55.9 Å². The van der Waals surface area contributed by atoms with Crippen molar-refractivity contribution < 1.29 is 17.9 Å². The van der Waals surface area contributed by atoms with Crippen LogP contribution in [0.25, 0.3) is 11.3 Å². The minimum Gasteiger partial charge on any atom is -0.496 e. The molecule has 1 N–H and O–H groups in total. The number of ether oxygens (including phenoxy) is 1. The van der Waals surface area contributed by atoms with E-state index in [1.54, 1.807) is 7.11 Å². The molecule has 2 heterocycles. The Kier molecular flexibility index (Phi) is 6.35.